The lowest BCUT2D eigenvalue weighted by Gasteiger charge is -2.10. The van der Waals surface area contributed by atoms with Crippen molar-refractivity contribution >= 4 is 0 Å². The molecule has 0 bridgehead atoms. The molecule has 1 unspecified atom stereocenters. The van der Waals surface area contributed by atoms with Gasteiger partial charge in [-0.2, -0.15) is 13.2 Å². The molecule has 15 heavy (non-hydrogen) atoms. The van der Waals surface area contributed by atoms with Crippen LogP contribution in [-0.2, 0) is 12.6 Å². The Labute approximate surface area is 86.3 Å². The number of alkyl halides is 3. The van der Waals surface area contributed by atoms with E-state index < -0.39 is 11.9 Å². The first-order valence-corrected chi connectivity index (χ1v) is 4.72. The molecule has 0 amide bonds. The molecule has 1 heterocycles. The third-order valence-corrected chi connectivity index (χ3v) is 2.09. The summed E-state index contributed by atoms with van der Waals surface area (Å²) in [5.41, 5.74) is 5.17. The van der Waals surface area contributed by atoms with E-state index >= 15 is 0 Å². The Kier molecular flexibility index (Phi) is 3.68. The topological polar surface area (TPSA) is 38.9 Å². The molecule has 0 aliphatic carbocycles. The predicted molar refractivity (Wildman–Crippen MR) is 51.2 cm³/mol. The van der Waals surface area contributed by atoms with Gasteiger partial charge in [0.25, 0.3) is 0 Å². The molecule has 0 spiro atoms. The summed E-state index contributed by atoms with van der Waals surface area (Å²) in [5, 5.41) is 0. The van der Waals surface area contributed by atoms with E-state index in [2.05, 4.69) is 4.98 Å². The van der Waals surface area contributed by atoms with Crippen molar-refractivity contribution in [3.05, 3.63) is 29.6 Å². The van der Waals surface area contributed by atoms with Gasteiger partial charge in [0.2, 0.25) is 0 Å². The fourth-order valence-electron chi connectivity index (χ4n) is 1.16. The largest absolute Gasteiger partial charge is 0.433 e. The lowest BCUT2D eigenvalue weighted by molar-refractivity contribution is -0.141. The first-order chi connectivity index (χ1) is 6.93. The van der Waals surface area contributed by atoms with Crippen LogP contribution in [0.4, 0.5) is 13.2 Å². The van der Waals surface area contributed by atoms with Crippen molar-refractivity contribution < 1.29 is 13.2 Å². The average Bonchev–Trinajstić information content (AvgIpc) is 2.17. The summed E-state index contributed by atoms with van der Waals surface area (Å²) in [7, 11) is 0. The molecule has 0 saturated heterocycles. The fraction of sp³-hybridized carbons (Fsp3) is 0.500. The number of pyridine rings is 1. The highest BCUT2D eigenvalue weighted by molar-refractivity contribution is 5.14. The van der Waals surface area contributed by atoms with Crippen LogP contribution in [0.15, 0.2) is 18.2 Å². The van der Waals surface area contributed by atoms with E-state index in [-0.39, 0.29) is 6.04 Å². The van der Waals surface area contributed by atoms with Crippen LogP contribution in [0.1, 0.15) is 24.7 Å². The van der Waals surface area contributed by atoms with Gasteiger partial charge < -0.3 is 5.73 Å². The van der Waals surface area contributed by atoms with Crippen LogP contribution in [0.2, 0.25) is 0 Å². The summed E-state index contributed by atoms with van der Waals surface area (Å²) in [6.45, 7) is 1.89. The van der Waals surface area contributed by atoms with Crippen LogP contribution in [0, 0.1) is 0 Å². The Morgan fingerprint density at radius 3 is 2.60 bits per heavy atom. The van der Waals surface area contributed by atoms with Gasteiger partial charge >= 0.3 is 6.18 Å². The Hall–Kier alpha value is -1.10. The lowest BCUT2D eigenvalue weighted by atomic mass is 10.1. The maximum absolute atomic E-state index is 12.3. The number of hydrogen-bond acceptors (Lipinski definition) is 2. The smallest absolute Gasteiger partial charge is 0.327 e. The second-order valence-electron chi connectivity index (χ2n) is 3.38. The van der Waals surface area contributed by atoms with Crippen molar-refractivity contribution in [2.24, 2.45) is 5.73 Å². The third kappa shape index (κ3) is 3.51. The van der Waals surface area contributed by atoms with Crippen molar-refractivity contribution in [2.45, 2.75) is 32.0 Å². The zero-order chi connectivity index (χ0) is 11.5. The maximum atomic E-state index is 12.3. The number of nitrogens with two attached hydrogens (primary N) is 1. The van der Waals surface area contributed by atoms with Gasteiger partial charge in [-0.25, -0.2) is 4.98 Å². The molecule has 1 aromatic heterocycles. The zero-order valence-corrected chi connectivity index (χ0v) is 8.38. The number of aromatic nitrogens is 1. The van der Waals surface area contributed by atoms with Crippen molar-refractivity contribution in [1.82, 2.24) is 4.98 Å². The van der Waals surface area contributed by atoms with Crippen LogP contribution >= 0.6 is 0 Å². The molecule has 84 valence electrons. The van der Waals surface area contributed by atoms with E-state index in [1.165, 1.54) is 6.07 Å². The number of rotatable bonds is 3. The van der Waals surface area contributed by atoms with Gasteiger partial charge in [-0.05, 0) is 18.6 Å². The van der Waals surface area contributed by atoms with Gasteiger partial charge in [-0.15, -0.1) is 0 Å². The SMILES string of the molecule is CCC(N)Cc1cccc(C(F)(F)F)n1. The Morgan fingerprint density at radius 2 is 2.07 bits per heavy atom. The molecule has 5 heteroatoms. The van der Waals surface area contributed by atoms with Gasteiger partial charge in [-0.3, -0.25) is 0 Å². The minimum absolute atomic E-state index is 0.138. The first-order valence-electron chi connectivity index (χ1n) is 4.72. The standard InChI is InChI=1S/C10H13F3N2/c1-2-7(14)6-8-4-3-5-9(15-8)10(11,12)13/h3-5,7H,2,6,14H2,1H3. The van der Waals surface area contributed by atoms with Gasteiger partial charge in [0.1, 0.15) is 5.69 Å². The van der Waals surface area contributed by atoms with E-state index in [4.69, 9.17) is 5.73 Å². The van der Waals surface area contributed by atoms with Crippen LogP contribution < -0.4 is 5.73 Å². The highest BCUT2D eigenvalue weighted by Crippen LogP contribution is 2.27. The zero-order valence-electron chi connectivity index (χ0n) is 8.38. The summed E-state index contributed by atoms with van der Waals surface area (Å²) >= 11 is 0. The monoisotopic (exact) mass is 218 g/mol. The molecule has 1 atom stereocenters. The van der Waals surface area contributed by atoms with E-state index in [0.29, 0.717) is 12.1 Å². The van der Waals surface area contributed by atoms with E-state index in [1.807, 2.05) is 6.92 Å². The van der Waals surface area contributed by atoms with Crippen LogP contribution in [0.25, 0.3) is 0 Å². The Bertz CT molecular complexity index is 323. The van der Waals surface area contributed by atoms with Crippen LogP contribution in [0.3, 0.4) is 0 Å². The quantitative estimate of drug-likeness (QED) is 0.845. The summed E-state index contributed by atoms with van der Waals surface area (Å²) in [6.07, 6.45) is -3.29. The second-order valence-corrected chi connectivity index (χ2v) is 3.38. The number of nitrogens with zero attached hydrogens (tertiary/aromatic N) is 1. The average molecular weight is 218 g/mol. The molecule has 0 radical (unpaired) electrons. The third-order valence-electron chi connectivity index (χ3n) is 2.09. The summed E-state index contributed by atoms with van der Waals surface area (Å²) in [6, 6.07) is 3.74. The fourth-order valence-corrected chi connectivity index (χ4v) is 1.16. The molecule has 0 aliphatic rings. The highest BCUT2D eigenvalue weighted by atomic mass is 19.4. The van der Waals surface area contributed by atoms with Gasteiger partial charge in [0, 0.05) is 18.2 Å². The summed E-state index contributed by atoms with van der Waals surface area (Å²) in [5.74, 6) is 0. The Morgan fingerprint density at radius 1 is 1.40 bits per heavy atom. The molecule has 0 aromatic carbocycles. The predicted octanol–water partition coefficient (Wildman–Crippen LogP) is 2.38. The molecule has 2 nitrogen and oxygen atoms in total. The molecular formula is C10H13F3N2. The molecule has 0 saturated carbocycles. The minimum Gasteiger partial charge on any atom is -0.327 e. The van der Waals surface area contributed by atoms with Crippen LogP contribution in [-0.4, -0.2) is 11.0 Å². The molecule has 0 aliphatic heterocycles. The second kappa shape index (κ2) is 4.61. The number of halogens is 3. The van der Waals surface area contributed by atoms with Crippen molar-refractivity contribution in [3.8, 4) is 0 Å². The van der Waals surface area contributed by atoms with E-state index in [0.717, 1.165) is 12.5 Å². The molecule has 2 N–H and O–H groups in total. The van der Waals surface area contributed by atoms with Gasteiger partial charge in [0.05, 0.1) is 0 Å². The molecule has 1 rings (SSSR count). The summed E-state index contributed by atoms with van der Waals surface area (Å²) in [4.78, 5) is 3.53. The lowest BCUT2D eigenvalue weighted by Crippen LogP contribution is -2.22. The van der Waals surface area contributed by atoms with Crippen molar-refractivity contribution in [2.75, 3.05) is 0 Å². The van der Waals surface area contributed by atoms with Crippen molar-refractivity contribution in [1.29, 1.82) is 0 Å². The van der Waals surface area contributed by atoms with E-state index in [1.54, 1.807) is 6.07 Å². The van der Waals surface area contributed by atoms with Crippen LogP contribution in [0.5, 0.6) is 0 Å². The number of hydrogen-bond donors (Lipinski definition) is 1. The first kappa shape index (κ1) is 12.0. The van der Waals surface area contributed by atoms with E-state index in [9.17, 15) is 13.2 Å². The van der Waals surface area contributed by atoms with Crippen molar-refractivity contribution in [3.63, 3.8) is 0 Å². The normalized spacial score (nSPS) is 13.9. The van der Waals surface area contributed by atoms with Gasteiger partial charge in [0.15, 0.2) is 0 Å². The Balaban J connectivity index is 2.84. The molecule has 0 fully saturated rings. The summed E-state index contributed by atoms with van der Waals surface area (Å²) < 4.78 is 36.9. The minimum atomic E-state index is -4.38. The molecular weight excluding hydrogens is 205 g/mol. The molecule has 1 aromatic rings. The highest BCUT2D eigenvalue weighted by Gasteiger charge is 2.32. The van der Waals surface area contributed by atoms with Gasteiger partial charge in [-0.1, -0.05) is 13.0 Å². The maximum Gasteiger partial charge on any atom is 0.433 e.